The van der Waals surface area contributed by atoms with E-state index in [9.17, 15) is 0 Å². The maximum atomic E-state index is 5.98. The Morgan fingerprint density at radius 2 is 1.39 bits per heavy atom. The molecule has 1 aliphatic rings. The van der Waals surface area contributed by atoms with Gasteiger partial charge in [-0.3, -0.25) is 9.36 Å². The van der Waals surface area contributed by atoms with Gasteiger partial charge in [-0.15, -0.1) is 10.2 Å². The molecule has 0 spiro atoms. The molecule has 0 saturated carbocycles. The fourth-order valence-corrected chi connectivity index (χ4v) is 2.64. The third-order valence-corrected chi connectivity index (χ3v) is 3.97. The van der Waals surface area contributed by atoms with Gasteiger partial charge in [0.25, 0.3) is 0 Å². The first kappa shape index (κ1) is 23.9. The molecule has 11 nitrogen and oxygen atoms in total. The lowest BCUT2D eigenvalue weighted by Gasteiger charge is -2.16. The minimum absolute atomic E-state index is 0.250. The summed E-state index contributed by atoms with van der Waals surface area (Å²) in [6, 6.07) is 5.45. The summed E-state index contributed by atoms with van der Waals surface area (Å²) in [7, 11) is 3.60. The predicted octanol–water partition coefficient (Wildman–Crippen LogP) is 3.49. The highest BCUT2D eigenvalue weighted by atomic mass is 16.5. The largest absolute Gasteiger partial charge is 0.483 e. The average Bonchev–Trinajstić information content (AvgIpc) is 3.52. The van der Waals surface area contributed by atoms with Crippen LogP contribution in [0.5, 0.6) is 17.2 Å². The van der Waals surface area contributed by atoms with Crippen LogP contribution in [0.1, 0.15) is 32.2 Å². The van der Waals surface area contributed by atoms with Crippen LogP contribution in [0.3, 0.4) is 0 Å². The van der Waals surface area contributed by atoms with Gasteiger partial charge in [0.05, 0.1) is 24.6 Å². The molecule has 1 aliphatic heterocycles. The summed E-state index contributed by atoms with van der Waals surface area (Å²) in [4.78, 5) is 0. The minimum Gasteiger partial charge on any atom is -0.483 e. The van der Waals surface area contributed by atoms with E-state index in [2.05, 4.69) is 51.6 Å². The number of aromatic nitrogens is 6. The van der Waals surface area contributed by atoms with Crippen molar-refractivity contribution in [1.29, 1.82) is 0 Å². The third-order valence-electron chi connectivity index (χ3n) is 3.97. The smallest absolute Gasteiger partial charge is 0.204 e. The van der Waals surface area contributed by atoms with Gasteiger partial charge < -0.3 is 14.2 Å². The number of ether oxygens (including phenoxy) is 3. The number of para-hydroxylation sites is 1. The highest BCUT2D eigenvalue weighted by Crippen LogP contribution is 2.38. The Kier molecular flexibility index (Phi) is 8.50. The second kappa shape index (κ2) is 11.7. The van der Waals surface area contributed by atoms with E-state index in [4.69, 9.17) is 14.2 Å². The van der Waals surface area contributed by atoms with Crippen molar-refractivity contribution in [2.75, 3.05) is 13.2 Å². The third kappa shape index (κ3) is 7.70. The summed E-state index contributed by atoms with van der Waals surface area (Å²) in [5, 5.41) is 23.9. The number of nitrogens with zero attached hydrogens (tertiary/aromatic N) is 8. The molecule has 0 N–H and O–H groups in total. The van der Waals surface area contributed by atoms with Crippen LogP contribution < -0.4 is 14.2 Å². The summed E-state index contributed by atoms with van der Waals surface area (Å²) in [5.74, 6) is 2.37. The van der Waals surface area contributed by atoms with Crippen molar-refractivity contribution in [3.8, 4) is 17.2 Å². The second-order valence-corrected chi connectivity index (χ2v) is 8.07. The summed E-state index contributed by atoms with van der Waals surface area (Å²) in [5.41, 5.74) is 2.17. The molecule has 0 saturated heterocycles. The first-order chi connectivity index (χ1) is 15.9. The lowest BCUT2D eigenvalue weighted by atomic mass is 10.3. The first-order valence-electron chi connectivity index (χ1n) is 10.7. The summed E-state index contributed by atoms with van der Waals surface area (Å²) >= 11 is 0. The number of benzene rings is 1. The van der Waals surface area contributed by atoms with Crippen molar-refractivity contribution in [3.63, 3.8) is 0 Å². The molecule has 2 aromatic heterocycles. The van der Waals surface area contributed by atoms with E-state index in [-0.39, 0.29) is 19.8 Å². The number of hydrogen-bond acceptors (Lipinski definition) is 9. The Hall–Kier alpha value is -3.76. The number of azo groups is 1. The SMILES string of the molecule is CC(C)C.Cn1cc(COc2cccc(OCc3cn(C)nn3)c2OCC2=CCN=N2)nn1. The van der Waals surface area contributed by atoms with Crippen LogP contribution in [0.2, 0.25) is 0 Å². The molecular weight excluding hydrogens is 424 g/mol. The van der Waals surface area contributed by atoms with Crippen LogP contribution >= 0.6 is 0 Å². The second-order valence-electron chi connectivity index (χ2n) is 8.07. The van der Waals surface area contributed by atoms with E-state index in [1.165, 1.54) is 0 Å². The van der Waals surface area contributed by atoms with Crippen molar-refractivity contribution < 1.29 is 14.2 Å². The molecule has 33 heavy (non-hydrogen) atoms. The Bertz CT molecular complexity index is 1020. The van der Waals surface area contributed by atoms with Crippen LogP contribution in [-0.4, -0.2) is 43.1 Å². The number of rotatable bonds is 9. The molecular formula is C22H30N8O3. The van der Waals surface area contributed by atoms with Crippen molar-refractivity contribution >= 4 is 0 Å². The molecule has 0 radical (unpaired) electrons. The summed E-state index contributed by atoms with van der Waals surface area (Å²) in [6.07, 6.45) is 5.49. The van der Waals surface area contributed by atoms with Gasteiger partial charge >= 0.3 is 0 Å². The van der Waals surface area contributed by atoms with Gasteiger partial charge in [-0.25, -0.2) is 0 Å². The molecule has 0 bridgehead atoms. The van der Waals surface area contributed by atoms with Gasteiger partial charge in [-0.2, -0.15) is 10.2 Å². The Morgan fingerprint density at radius 1 is 0.848 bits per heavy atom. The van der Waals surface area contributed by atoms with Gasteiger partial charge in [-0.05, 0) is 24.1 Å². The Labute approximate surface area is 193 Å². The summed E-state index contributed by atoms with van der Waals surface area (Å²) in [6.45, 7) is 7.83. The molecule has 11 heteroatoms. The van der Waals surface area contributed by atoms with E-state index in [0.717, 1.165) is 11.6 Å². The molecule has 3 aromatic rings. The number of hydrogen-bond donors (Lipinski definition) is 0. The van der Waals surface area contributed by atoms with Gasteiger partial charge in [0.1, 0.15) is 31.2 Å². The zero-order valence-electron chi connectivity index (χ0n) is 19.7. The van der Waals surface area contributed by atoms with E-state index < -0.39 is 0 Å². The molecule has 3 heterocycles. The van der Waals surface area contributed by atoms with Crippen LogP contribution in [0.25, 0.3) is 0 Å². The van der Waals surface area contributed by atoms with Gasteiger partial charge in [-0.1, -0.05) is 37.3 Å². The van der Waals surface area contributed by atoms with Crippen LogP contribution in [0.4, 0.5) is 0 Å². The molecule has 176 valence electrons. The van der Waals surface area contributed by atoms with Gasteiger partial charge in [0, 0.05) is 14.1 Å². The van der Waals surface area contributed by atoms with Crippen molar-refractivity contribution in [1.82, 2.24) is 30.0 Å². The Morgan fingerprint density at radius 3 is 1.82 bits per heavy atom. The average molecular weight is 455 g/mol. The molecule has 0 aliphatic carbocycles. The molecule has 0 atom stereocenters. The first-order valence-corrected chi connectivity index (χ1v) is 10.7. The quantitative estimate of drug-likeness (QED) is 0.486. The topological polar surface area (TPSA) is 114 Å². The predicted molar refractivity (Wildman–Crippen MR) is 121 cm³/mol. The molecule has 0 unspecified atom stereocenters. The maximum Gasteiger partial charge on any atom is 0.204 e. The fraction of sp³-hybridized carbons (Fsp3) is 0.455. The Balaban J connectivity index is 0.000000709. The van der Waals surface area contributed by atoms with Crippen LogP contribution in [0.15, 0.2) is 52.6 Å². The highest BCUT2D eigenvalue weighted by molar-refractivity contribution is 5.51. The number of aryl methyl sites for hydroxylation is 2. The van der Waals surface area contributed by atoms with Gasteiger partial charge in [0.15, 0.2) is 11.5 Å². The van der Waals surface area contributed by atoms with E-state index in [0.29, 0.717) is 35.2 Å². The fourth-order valence-electron chi connectivity index (χ4n) is 2.64. The maximum absolute atomic E-state index is 5.98. The van der Waals surface area contributed by atoms with Gasteiger partial charge in [0.2, 0.25) is 5.75 Å². The van der Waals surface area contributed by atoms with Crippen molar-refractivity contribution in [2.24, 2.45) is 30.2 Å². The molecule has 4 rings (SSSR count). The molecule has 1 aromatic carbocycles. The van der Waals surface area contributed by atoms with Crippen LogP contribution in [0, 0.1) is 5.92 Å². The normalized spacial score (nSPS) is 12.4. The highest BCUT2D eigenvalue weighted by Gasteiger charge is 2.16. The lowest BCUT2D eigenvalue weighted by Crippen LogP contribution is -2.05. The monoisotopic (exact) mass is 454 g/mol. The van der Waals surface area contributed by atoms with Crippen molar-refractivity contribution in [2.45, 2.75) is 34.0 Å². The standard InChI is InChI=1S/C18H20N8O3.C4H10/c1-25-8-14(21-23-25)11-27-16-4-3-5-17(28-12-15-9-26(2)24-22-15)18(16)29-10-13-6-7-19-20-13;1-4(2)3/h3-6,8-9H,7,10-12H2,1-2H3;4H,1-3H3. The minimum atomic E-state index is 0.250. The van der Waals surface area contributed by atoms with E-state index in [1.807, 2.05) is 24.3 Å². The lowest BCUT2D eigenvalue weighted by molar-refractivity contribution is 0.242. The van der Waals surface area contributed by atoms with E-state index >= 15 is 0 Å². The molecule has 0 amide bonds. The van der Waals surface area contributed by atoms with Crippen molar-refractivity contribution in [3.05, 3.63) is 53.8 Å². The van der Waals surface area contributed by atoms with E-state index in [1.54, 1.807) is 35.9 Å². The van der Waals surface area contributed by atoms with Crippen LogP contribution in [-0.2, 0) is 27.3 Å². The summed E-state index contributed by atoms with van der Waals surface area (Å²) < 4.78 is 21.1. The zero-order valence-corrected chi connectivity index (χ0v) is 19.7. The molecule has 0 fully saturated rings. The zero-order chi connectivity index (χ0) is 23.6.